The molecule has 0 unspecified atom stereocenters. The molecule has 0 aliphatic carbocycles. The second kappa shape index (κ2) is 7.05. The molecule has 1 aromatic heterocycles. The quantitative estimate of drug-likeness (QED) is 0.859. The van der Waals surface area contributed by atoms with Gasteiger partial charge in [-0.25, -0.2) is 4.98 Å². The minimum Gasteiger partial charge on any atom is -0.347 e. The lowest BCUT2D eigenvalue weighted by molar-refractivity contribution is 0.0945. The smallest absolute Gasteiger partial charge is 0.271 e. The van der Waals surface area contributed by atoms with E-state index in [1.165, 1.54) is 17.3 Å². The Kier molecular flexibility index (Phi) is 5.12. The number of thioether (sulfide) groups is 1. The number of nitrogens with one attached hydrogen (secondary N) is 1. The predicted molar refractivity (Wildman–Crippen MR) is 80.6 cm³/mol. The fraction of sp³-hybridized carbons (Fsp3) is 0.267. The molecule has 0 radical (unpaired) electrons. The first-order valence-electron chi connectivity index (χ1n) is 6.45. The second-order valence-electron chi connectivity index (χ2n) is 4.58. The van der Waals surface area contributed by atoms with Gasteiger partial charge in [0.15, 0.2) is 0 Å². The van der Waals surface area contributed by atoms with E-state index in [0.29, 0.717) is 17.5 Å². The van der Waals surface area contributed by atoms with Gasteiger partial charge in [0, 0.05) is 29.1 Å². The maximum atomic E-state index is 11.8. The average molecular weight is 287 g/mol. The van der Waals surface area contributed by atoms with Gasteiger partial charge in [0.2, 0.25) is 0 Å². The third-order valence-corrected chi connectivity index (χ3v) is 3.56. The summed E-state index contributed by atoms with van der Waals surface area (Å²) in [6.07, 6.45) is 4.51. The lowest BCUT2D eigenvalue weighted by Gasteiger charge is -2.07. The first-order chi connectivity index (χ1) is 9.65. The summed E-state index contributed by atoms with van der Waals surface area (Å²) in [5.74, 6) is -0.210. The highest BCUT2D eigenvalue weighted by Crippen LogP contribution is 2.22. The van der Waals surface area contributed by atoms with Gasteiger partial charge in [-0.3, -0.25) is 9.78 Å². The van der Waals surface area contributed by atoms with E-state index >= 15 is 0 Å². The van der Waals surface area contributed by atoms with Crippen LogP contribution in [0.4, 0.5) is 0 Å². The highest BCUT2D eigenvalue weighted by Gasteiger charge is 2.06. The Labute approximate surface area is 123 Å². The van der Waals surface area contributed by atoms with E-state index < -0.39 is 0 Å². The number of hydrogen-bond acceptors (Lipinski definition) is 4. The zero-order chi connectivity index (χ0) is 14.4. The molecule has 20 heavy (non-hydrogen) atoms. The topological polar surface area (TPSA) is 54.9 Å². The van der Waals surface area contributed by atoms with Crippen LogP contribution in [-0.2, 0) is 6.54 Å². The van der Waals surface area contributed by atoms with E-state index in [2.05, 4.69) is 41.3 Å². The van der Waals surface area contributed by atoms with E-state index in [0.717, 1.165) is 5.56 Å². The van der Waals surface area contributed by atoms with Crippen LogP contribution < -0.4 is 5.32 Å². The molecule has 104 valence electrons. The van der Waals surface area contributed by atoms with E-state index in [1.54, 1.807) is 6.20 Å². The van der Waals surface area contributed by atoms with Crippen LogP contribution in [0.5, 0.6) is 0 Å². The SMILES string of the molecule is CC(C)Sc1ccc(CNC(=O)c2cnccn2)cc1. The molecule has 4 nitrogen and oxygen atoms in total. The Hall–Kier alpha value is -1.88. The number of amides is 1. The molecular formula is C15H17N3OS. The number of carbonyl (C=O) groups excluding carboxylic acids is 1. The molecule has 0 spiro atoms. The van der Waals surface area contributed by atoms with Gasteiger partial charge in [0.05, 0.1) is 6.20 Å². The largest absolute Gasteiger partial charge is 0.347 e. The molecule has 0 bridgehead atoms. The van der Waals surface area contributed by atoms with E-state index in [-0.39, 0.29) is 5.91 Å². The van der Waals surface area contributed by atoms with Crippen LogP contribution in [0.1, 0.15) is 29.9 Å². The summed E-state index contributed by atoms with van der Waals surface area (Å²) in [6, 6.07) is 8.21. The third kappa shape index (κ3) is 4.35. The van der Waals surface area contributed by atoms with Crippen LogP contribution in [0.3, 0.4) is 0 Å². The molecule has 1 heterocycles. The van der Waals surface area contributed by atoms with Crippen LogP contribution in [0, 0.1) is 0 Å². The molecular weight excluding hydrogens is 270 g/mol. The van der Waals surface area contributed by atoms with Crippen molar-refractivity contribution in [3.8, 4) is 0 Å². The Morgan fingerprint density at radius 1 is 1.25 bits per heavy atom. The maximum absolute atomic E-state index is 11.8. The van der Waals surface area contributed by atoms with Crippen LogP contribution in [-0.4, -0.2) is 21.1 Å². The van der Waals surface area contributed by atoms with Gasteiger partial charge in [-0.15, -0.1) is 11.8 Å². The molecule has 1 N–H and O–H groups in total. The van der Waals surface area contributed by atoms with Gasteiger partial charge in [-0.2, -0.15) is 0 Å². The van der Waals surface area contributed by atoms with Crippen molar-refractivity contribution < 1.29 is 4.79 Å². The fourth-order valence-corrected chi connectivity index (χ4v) is 2.48. The number of rotatable bonds is 5. The molecule has 0 saturated carbocycles. The van der Waals surface area contributed by atoms with Crippen LogP contribution in [0.2, 0.25) is 0 Å². The predicted octanol–water partition coefficient (Wildman–Crippen LogP) is 2.91. The molecule has 1 aromatic carbocycles. The number of nitrogens with zero attached hydrogens (tertiary/aromatic N) is 2. The molecule has 1 amide bonds. The van der Waals surface area contributed by atoms with Gasteiger partial charge in [-0.05, 0) is 17.7 Å². The van der Waals surface area contributed by atoms with Gasteiger partial charge in [0.25, 0.3) is 5.91 Å². The van der Waals surface area contributed by atoms with Crippen molar-refractivity contribution in [1.82, 2.24) is 15.3 Å². The summed E-state index contributed by atoms with van der Waals surface area (Å²) in [5, 5.41) is 3.39. The molecule has 2 rings (SSSR count). The van der Waals surface area contributed by atoms with Gasteiger partial charge in [-0.1, -0.05) is 26.0 Å². The van der Waals surface area contributed by atoms with E-state index in [4.69, 9.17) is 0 Å². The average Bonchev–Trinajstić information content (AvgIpc) is 2.46. The van der Waals surface area contributed by atoms with Crippen molar-refractivity contribution in [2.75, 3.05) is 0 Å². The van der Waals surface area contributed by atoms with Gasteiger partial charge in [0.1, 0.15) is 5.69 Å². The molecule has 0 saturated heterocycles. The van der Waals surface area contributed by atoms with Crippen molar-refractivity contribution in [3.63, 3.8) is 0 Å². The Morgan fingerprint density at radius 3 is 2.60 bits per heavy atom. The summed E-state index contributed by atoms with van der Waals surface area (Å²) >= 11 is 1.82. The summed E-state index contributed by atoms with van der Waals surface area (Å²) in [5.41, 5.74) is 1.40. The monoisotopic (exact) mass is 287 g/mol. The van der Waals surface area contributed by atoms with Crippen molar-refractivity contribution >= 4 is 17.7 Å². The first-order valence-corrected chi connectivity index (χ1v) is 7.33. The van der Waals surface area contributed by atoms with Gasteiger partial charge < -0.3 is 5.32 Å². The molecule has 0 fully saturated rings. The second-order valence-corrected chi connectivity index (χ2v) is 6.23. The Balaban J connectivity index is 1.89. The summed E-state index contributed by atoms with van der Waals surface area (Å²) in [4.78, 5) is 20.9. The zero-order valence-electron chi connectivity index (χ0n) is 11.5. The minimum atomic E-state index is -0.210. The van der Waals surface area contributed by atoms with Crippen molar-refractivity contribution in [2.45, 2.75) is 30.5 Å². The molecule has 0 aliphatic heterocycles. The number of hydrogen-bond donors (Lipinski definition) is 1. The maximum Gasteiger partial charge on any atom is 0.271 e. The van der Waals surface area contributed by atoms with Crippen molar-refractivity contribution in [3.05, 3.63) is 54.1 Å². The number of carbonyl (C=O) groups is 1. The van der Waals surface area contributed by atoms with E-state index in [9.17, 15) is 4.79 Å². The lowest BCUT2D eigenvalue weighted by Crippen LogP contribution is -2.23. The Morgan fingerprint density at radius 2 is 2.00 bits per heavy atom. The van der Waals surface area contributed by atoms with Crippen molar-refractivity contribution in [2.24, 2.45) is 0 Å². The van der Waals surface area contributed by atoms with Crippen LogP contribution >= 0.6 is 11.8 Å². The third-order valence-electron chi connectivity index (χ3n) is 2.54. The van der Waals surface area contributed by atoms with Crippen LogP contribution in [0.25, 0.3) is 0 Å². The van der Waals surface area contributed by atoms with E-state index in [1.807, 2.05) is 23.9 Å². The highest BCUT2D eigenvalue weighted by molar-refractivity contribution is 7.99. The lowest BCUT2D eigenvalue weighted by atomic mass is 10.2. The Bertz CT molecular complexity index is 555. The first kappa shape index (κ1) is 14.5. The minimum absolute atomic E-state index is 0.210. The molecule has 2 aromatic rings. The summed E-state index contributed by atoms with van der Waals surface area (Å²) in [7, 11) is 0. The fourth-order valence-electron chi connectivity index (χ4n) is 1.65. The van der Waals surface area contributed by atoms with Crippen LogP contribution in [0.15, 0.2) is 47.8 Å². The zero-order valence-corrected chi connectivity index (χ0v) is 12.4. The number of aromatic nitrogens is 2. The molecule has 0 atom stereocenters. The molecule has 5 heteroatoms. The summed E-state index contributed by atoms with van der Waals surface area (Å²) in [6.45, 7) is 4.82. The highest BCUT2D eigenvalue weighted by atomic mass is 32.2. The number of benzene rings is 1. The summed E-state index contributed by atoms with van der Waals surface area (Å²) < 4.78 is 0. The standard InChI is InChI=1S/C15H17N3OS/c1-11(2)20-13-5-3-12(4-6-13)9-18-15(19)14-10-16-7-8-17-14/h3-8,10-11H,9H2,1-2H3,(H,18,19). The normalized spacial score (nSPS) is 10.6. The van der Waals surface area contributed by atoms with Gasteiger partial charge >= 0.3 is 0 Å². The van der Waals surface area contributed by atoms with Crippen molar-refractivity contribution in [1.29, 1.82) is 0 Å². The molecule has 0 aliphatic rings.